The highest BCUT2D eigenvalue weighted by molar-refractivity contribution is 6.35. The van der Waals surface area contributed by atoms with E-state index in [0.29, 0.717) is 5.92 Å². The lowest BCUT2D eigenvalue weighted by molar-refractivity contribution is 0.701. The van der Waals surface area contributed by atoms with Gasteiger partial charge in [-0.3, -0.25) is 4.98 Å². The molecule has 2 nitrogen and oxygen atoms in total. The molecule has 0 spiro atoms. The minimum absolute atomic E-state index is 0.616. The number of fused-ring (bicyclic) bond motifs is 1. The van der Waals surface area contributed by atoms with Crippen LogP contribution >= 0.6 is 11.6 Å². The summed E-state index contributed by atoms with van der Waals surface area (Å²) in [7, 11) is 0. The second-order valence-electron chi connectivity index (χ2n) is 6.41. The van der Waals surface area contributed by atoms with E-state index >= 15 is 0 Å². The van der Waals surface area contributed by atoms with E-state index in [1.165, 1.54) is 49.9 Å². The lowest BCUT2D eigenvalue weighted by atomic mass is 10.0. The van der Waals surface area contributed by atoms with Gasteiger partial charge in [0.15, 0.2) is 0 Å². The monoisotopic (exact) mass is 300 g/mol. The van der Waals surface area contributed by atoms with Crippen molar-refractivity contribution >= 4 is 28.2 Å². The second-order valence-corrected chi connectivity index (χ2v) is 6.81. The van der Waals surface area contributed by atoms with Gasteiger partial charge in [0, 0.05) is 35.8 Å². The highest BCUT2D eigenvalue weighted by Gasteiger charge is 2.20. The molecule has 3 heteroatoms. The Bertz CT molecular complexity index is 656. The van der Waals surface area contributed by atoms with Gasteiger partial charge in [0.2, 0.25) is 0 Å². The van der Waals surface area contributed by atoms with Gasteiger partial charge in [-0.15, -0.1) is 0 Å². The van der Waals surface area contributed by atoms with Crippen molar-refractivity contribution in [2.45, 2.75) is 44.4 Å². The van der Waals surface area contributed by atoms with Gasteiger partial charge in [-0.2, -0.15) is 0 Å². The molecule has 1 aliphatic carbocycles. The van der Waals surface area contributed by atoms with Gasteiger partial charge >= 0.3 is 0 Å². The van der Waals surface area contributed by atoms with Gasteiger partial charge in [-0.25, -0.2) is 0 Å². The molecule has 1 saturated carbocycles. The second kappa shape index (κ2) is 5.49. The highest BCUT2D eigenvalue weighted by atomic mass is 35.5. The Morgan fingerprint density at radius 2 is 1.76 bits per heavy atom. The molecular weight excluding hydrogens is 280 g/mol. The fraction of sp³-hybridized carbons (Fsp3) is 0.500. The van der Waals surface area contributed by atoms with Gasteiger partial charge in [0.25, 0.3) is 0 Å². The van der Waals surface area contributed by atoms with Crippen LogP contribution in [-0.2, 0) is 0 Å². The van der Waals surface area contributed by atoms with Gasteiger partial charge in [0.1, 0.15) is 0 Å². The first-order valence-electron chi connectivity index (χ1n) is 8.16. The van der Waals surface area contributed by atoms with Crippen LogP contribution in [0.1, 0.15) is 50.1 Å². The van der Waals surface area contributed by atoms with Crippen molar-refractivity contribution in [3.63, 3.8) is 0 Å². The first kappa shape index (κ1) is 13.4. The maximum absolute atomic E-state index is 6.56. The van der Waals surface area contributed by atoms with Crippen molar-refractivity contribution in [2.24, 2.45) is 0 Å². The third-order valence-electron chi connectivity index (χ3n) is 5.01. The summed E-state index contributed by atoms with van der Waals surface area (Å²) in [5, 5.41) is 1.96. The summed E-state index contributed by atoms with van der Waals surface area (Å²) in [5.74, 6) is 0.616. The lowest BCUT2D eigenvalue weighted by Gasteiger charge is -2.18. The van der Waals surface area contributed by atoms with Gasteiger partial charge in [-0.05, 0) is 49.9 Å². The first-order valence-corrected chi connectivity index (χ1v) is 8.54. The summed E-state index contributed by atoms with van der Waals surface area (Å²) >= 11 is 6.56. The van der Waals surface area contributed by atoms with Crippen molar-refractivity contribution in [2.75, 3.05) is 18.0 Å². The van der Waals surface area contributed by atoms with E-state index in [-0.39, 0.29) is 0 Å². The van der Waals surface area contributed by atoms with Crippen molar-refractivity contribution in [1.29, 1.82) is 0 Å². The van der Waals surface area contributed by atoms with Crippen LogP contribution < -0.4 is 4.90 Å². The molecule has 0 bridgehead atoms. The summed E-state index contributed by atoms with van der Waals surface area (Å²) < 4.78 is 0. The van der Waals surface area contributed by atoms with Crippen molar-refractivity contribution < 1.29 is 0 Å². The number of halogens is 1. The number of hydrogen-bond acceptors (Lipinski definition) is 2. The molecule has 21 heavy (non-hydrogen) atoms. The van der Waals surface area contributed by atoms with E-state index in [4.69, 9.17) is 16.6 Å². The standard InChI is InChI=1S/C18H21ClN2/c19-16-12-18(13-5-1-2-6-13)20-17-8-7-14(11-15(16)17)21-9-3-4-10-21/h7-8,11-13H,1-6,9-10H2. The van der Waals surface area contributed by atoms with E-state index in [9.17, 15) is 0 Å². The summed E-state index contributed by atoms with van der Waals surface area (Å²) in [6.45, 7) is 2.33. The van der Waals surface area contributed by atoms with Crippen LogP contribution in [0.5, 0.6) is 0 Å². The van der Waals surface area contributed by atoms with Crippen LogP contribution in [0.4, 0.5) is 5.69 Å². The molecule has 1 saturated heterocycles. The van der Waals surface area contributed by atoms with Crippen LogP contribution in [0.3, 0.4) is 0 Å². The summed E-state index contributed by atoms with van der Waals surface area (Å²) in [5.41, 5.74) is 3.53. The molecule has 0 radical (unpaired) electrons. The predicted octanol–water partition coefficient (Wildman–Crippen LogP) is 5.15. The molecule has 2 aliphatic rings. The third kappa shape index (κ3) is 2.50. The fourth-order valence-corrected chi connectivity index (χ4v) is 4.06. The number of nitrogens with zero attached hydrogens (tertiary/aromatic N) is 2. The molecule has 1 aromatic heterocycles. The number of pyridine rings is 1. The van der Waals surface area contributed by atoms with Gasteiger partial charge in [0.05, 0.1) is 10.5 Å². The molecule has 2 heterocycles. The summed E-state index contributed by atoms with van der Waals surface area (Å²) in [6.07, 6.45) is 7.78. The molecule has 0 unspecified atom stereocenters. The molecule has 0 atom stereocenters. The number of benzene rings is 1. The van der Waals surface area contributed by atoms with Crippen LogP contribution in [-0.4, -0.2) is 18.1 Å². The van der Waals surface area contributed by atoms with Crippen LogP contribution in [0.2, 0.25) is 5.02 Å². The number of rotatable bonds is 2. The minimum atomic E-state index is 0.616. The average Bonchev–Trinajstić information content (AvgIpc) is 3.20. The number of anilines is 1. The Morgan fingerprint density at radius 3 is 2.52 bits per heavy atom. The maximum Gasteiger partial charge on any atom is 0.0721 e. The number of aromatic nitrogens is 1. The average molecular weight is 301 g/mol. The zero-order chi connectivity index (χ0) is 14.2. The Balaban J connectivity index is 1.74. The Morgan fingerprint density at radius 1 is 1.00 bits per heavy atom. The molecule has 0 amide bonds. The largest absolute Gasteiger partial charge is 0.372 e. The summed E-state index contributed by atoms with van der Waals surface area (Å²) in [4.78, 5) is 7.33. The molecule has 2 fully saturated rings. The zero-order valence-corrected chi connectivity index (χ0v) is 13.1. The van der Waals surface area contributed by atoms with Gasteiger partial charge < -0.3 is 4.90 Å². The minimum Gasteiger partial charge on any atom is -0.372 e. The van der Waals surface area contributed by atoms with Crippen molar-refractivity contribution in [3.8, 4) is 0 Å². The smallest absolute Gasteiger partial charge is 0.0721 e. The molecular formula is C18H21ClN2. The predicted molar refractivity (Wildman–Crippen MR) is 89.4 cm³/mol. The summed E-state index contributed by atoms with van der Waals surface area (Å²) in [6, 6.07) is 8.67. The van der Waals surface area contributed by atoms with Gasteiger partial charge in [-0.1, -0.05) is 24.4 Å². The fourth-order valence-electron chi connectivity index (χ4n) is 3.79. The normalized spacial score (nSPS) is 19.8. The SMILES string of the molecule is Clc1cc(C2CCCC2)nc2ccc(N3CCCC3)cc12. The quantitative estimate of drug-likeness (QED) is 0.763. The van der Waals surface area contributed by atoms with E-state index in [0.717, 1.165) is 29.0 Å². The maximum atomic E-state index is 6.56. The lowest BCUT2D eigenvalue weighted by Crippen LogP contribution is -2.17. The zero-order valence-electron chi connectivity index (χ0n) is 12.3. The topological polar surface area (TPSA) is 16.1 Å². The van der Waals surface area contributed by atoms with Crippen LogP contribution in [0, 0.1) is 0 Å². The van der Waals surface area contributed by atoms with Crippen LogP contribution in [0.25, 0.3) is 10.9 Å². The molecule has 1 aromatic carbocycles. The Hall–Kier alpha value is -1.28. The number of hydrogen-bond donors (Lipinski definition) is 0. The van der Waals surface area contributed by atoms with E-state index in [2.05, 4.69) is 29.2 Å². The van der Waals surface area contributed by atoms with Crippen LogP contribution in [0.15, 0.2) is 24.3 Å². The molecule has 1 aliphatic heterocycles. The molecule has 110 valence electrons. The Kier molecular flexibility index (Phi) is 3.50. The first-order chi connectivity index (χ1) is 10.3. The van der Waals surface area contributed by atoms with E-state index in [1.54, 1.807) is 0 Å². The van der Waals surface area contributed by atoms with E-state index in [1.807, 2.05) is 0 Å². The van der Waals surface area contributed by atoms with E-state index < -0.39 is 0 Å². The van der Waals surface area contributed by atoms with Crippen molar-refractivity contribution in [3.05, 3.63) is 35.0 Å². The Labute approximate surface area is 131 Å². The third-order valence-corrected chi connectivity index (χ3v) is 5.32. The molecule has 4 rings (SSSR count). The highest BCUT2D eigenvalue weighted by Crippen LogP contribution is 2.36. The van der Waals surface area contributed by atoms with Crippen molar-refractivity contribution in [1.82, 2.24) is 4.98 Å². The molecule has 0 N–H and O–H groups in total. The molecule has 2 aromatic rings.